The Bertz CT molecular complexity index is 698. The summed E-state index contributed by atoms with van der Waals surface area (Å²) in [6.45, 7) is 9.22. The van der Waals surface area contributed by atoms with Gasteiger partial charge in [-0.1, -0.05) is 26.7 Å². The summed E-state index contributed by atoms with van der Waals surface area (Å²) in [6, 6.07) is 5.04. The van der Waals surface area contributed by atoms with Crippen molar-refractivity contribution in [3.63, 3.8) is 0 Å². The molecule has 0 spiro atoms. The van der Waals surface area contributed by atoms with E-state index in [1.54, 1.807) is 18.2 Å². The number of nitrogens with one attached hydrogen (secondary N) is 1. The van der Waals surface area contributed by atoms with Gasteiger partial charge in [0.15, 0.2) is 0 Å². The molecule has 2 aromatic rings. The van der Waals surface area contributed by atoms with Gasteiger partial charge in [0, 0.05) is 17.0 Å². The molecule has 0 saturated carbocycles. The monoisotopic (exact) mass is 318 g/mol. The van der Waals surface area contributed by atoms with Crippen molar-refractivity contribution in [1.82, 2.24) is 0 Å². The van der Waals surface area contributed by atoms with E-state index in [2.05, 4.69) is 13.8 Å². The van der Waals surface area contributed by atoms with Gasteiger partial charge in [0.05, 0.1) is 13.1 Å². The minimum absolute atomic E-state index is 0.247. The first-order valence-corrected chi connectivity index (χ1v) is 8.65. The van der Waals surface area contributed by atoms with E-state index in [0.717, 1.165) is 36.1 Å². The molecule has 0 saturated heterocycles. The molecule has 1 aromatic carbocycles. The van der Waals surface area contributed by atoms with Crippen LogP contribution in [-0.4, -0.2) is 18.2 Å². The van der Waals surface area contributed by atoms with Crippen molar-refractivity contribution in [2.24, 2.45) is 0 Å². The minimum atomic E-state index is -0.317. The Morgan fingerprint density at radius 1 is 1.09 bits per heavy atom. The Kier molecular flexibility index (Phi) is 6.22. The lowest BCUT2D eigenvalue weighted by atomic mass is 10.1. The molecule has 0 unspecified atom stereocenters. The fourth-order valence-electron chi connectivity index (χ4n) is 2.93. The Balaban J connectivity index is 2.36. The fourth-order valence-corrected chi connectivity index (χ4v) is 2.93. The van der Waals surface area contributed by atoms with Gasteiger partial charge in [0.2, 0.25) is 0 Å². The number of phenolic OH excluding ortho intramolecular Hbond substituents is 1. The van der Waals surface area contributed by atoms with Crippen LogP contribution in [-0.2, 0) is 6.54 Å². The summed E-state index contributed by atoms with van der Waals surface area (Å²) in [4.78, 5) is 13.4. The van der Waals surface area contributed by atoms with Gasteiger partial charge >= 0.3 is 5.63 Å². The average Bonchev–Trinajstić information content (AvgIpc) is 2.51. The summed E-state index contributed by atoms with van der Waals surface area (Å²) >= 11 is 0. The lowest BCUT2D eigenvalue weighted by Gasteiger charge is -2.20. The highest BCUT2D eigenvalue weighted by Crippen LogP contribution is 2.25. The van der Waals surface area contributed by atoms with E-state index in [4.69, 9.17) is 4.42 Å². The van der Waals surface area contributed by atoms with Crippen LogP contribution in [0.2, 0.25) is 0 Å². The van der Waals surface area contributed by atoms with E-state index in [1.807, 2.05) is 6.92 Å². The van der Waals surface area contributed by atoms with Crippen LogP contribution < -0.4 is 10.5 Å². The Labute approximate surface area is 137 Å². The molecule has 4 nitrogen and oxygen atoms in total. The molecule has 2 N–H and O–H groups in total. The number of hydrogen-bond acceptors (Lipinski definition) is 3. The first-order valence-electron chi connectivity index (χ1n) is 8.65. The van der Waals surface area contributed by atoms with Gasteiger partial charge in [-0.3, -0.25) is 0 Å². The van der Waals surface area contributed by atoms with Crippen LogP contribution in [0.3, 0.4) is 0 Å². The van der Waals surface area contributed by atoms with Crippen molar-refractivity contribution >= 4 is 11.0 Å². The standard InChI is InChI=1S/C19H27NO3/c1-4-6-8-20(9-7-5-2)13-15-11-19(22)23-18-10-14(3)17(21)12-16(15)18/h10-12,21H,4-9,13H2,1-3H3/p+1. The van der Waals surface area contributed by atoms with Crippen LogP contribution >= 0.6 is 0 Å². The van der Waals surface area contributed by atoms with Crippen molar-refractivity contribution in [2.75, 3.05) is 13.1 Å². The summed E-state index contributed by atoms with van der Waals surface area (Å²) in [5, 5.41) is 10.8. The first-order chi connectivity index (χ1) is 11.0. The quantitative estimate of drug-likeness (QED) is 0.736. The van der Waals surface area contributed by atoms with Crippen LogP contribution in [0.4, 0.5) is 0 Å². The van der Waals surface area contributed by atoms with Gasteiger partial charge in [0.25, 0.3) is 0 Å². The maximum absolute atomic E-state index is 11.9. The first kappa shape index (κ1) is 17.5. The van der Waals surface area contributed by atoms with Gasteiger partial charge in [-0.2, -0.15) is 0 Å². The highest BCUT2D eigenvalue weighted by Gasteiger charge is 2.14. The number of phenols is 1. The number of benzene rings is 1. The number of quaternary nitrogens is 1. The second-order valence-corrected chi connectivity index (χ2v) is 6.36. The van der Waals surface area contributed by atoms with Crippen molar-refractivity contribution < 1.29 is 14.4 Å². The number of aryl methyl sites for hydroxylation is 1. The highest BCUT2D eigenvalue weighted by molar-refractivity contribution is 5.82. The summed E-state index contributed by atoms with van der Waals surface area (Å²) in [7, 11) is 0. The predicted octanol–water partition coefficient (Wildman–Crippen LogP) is 2.79. The van der Waals surface area contributed by atoms with Gasteiger partial charge in [-0.15, -0.1) is 0 Å². The zero-order chi connectivity index (χ0) is 16.8. The molecular weight excluding hydrogens is 290 g/mol. The number of unbranched alkanes of at least 4 members (excludes halogenated alkanes) is 2. The minimum Gasteiger partial charge on any atom is -0.508 e. The summed E-state index contributed by atoms with van der Waals surface area (Å²) in [5.41, 5.74) is 1.93. The van der Waals surface area contributed by atoms with Crippen LogP contribution in [0.1, 0.15) is 50.7 Å². The van der Waals surface area contributed by atoms with Crippen molar-refractivity contribution in [1.29, 1.82) is 0 Å². The van der Waals surface area contributed by atoms with Gasteiger partial charge < -0.3 is 14.4 Å². The van der Waals surface area contributed by atoms with Crippen molar-refractivity contribution in [3.8, 4) is 5.75 Å². The maximum Gasteiger partial charge on any atom is 0.336 e. The molecule has 0 bridgehead atoms. The molecule has 23 heavy (non-hydrogen) atoms. The molecule has 126 valence electrons. The number of rotatable bonds is 8. The Hall–Kier alpha value is -1.81. The molecular formula is C19H28NO3+. The molecule has 0 aliphatic rings. The number of fused-ring (bicyclic) bond motifs is 1. The topological polar surface area (TPSA) is 54.9 Å². The Morgan fingerprint density at radius 2 is 1.74 bits per heavy atom. The molecule has 1 aromatic heterocycles. The second kappa shape index (κ2) is 8.16. The second-order valence-electron chi connectivity index (χ2n) is 6.36. The third kappa shape index (κ3) is 4.58. The van der Waals surface area contributed by atoms with Gasteiger partial charge in [-0.05, 0) is 37.5 Å². The largest absolute Gasteiger partial charge is 0.508 e. The molecule has 4 heteroatoms. The molecule has 0 atom stereocenters. The SMILES string of the molecule is CCCC[NH+](CCCC)Cc1cc(=O)oc2cc(C)c(O)cc12. The van der Waals surface area contributed by atoms with Crippen LogP contribution in [0.25, 0.3) is 11.0 Å². The van der Waals surface area contributed by atoms with Gasteiger partial charge in [0.1, 0.15) is 17.9 Å². The summed E-state index contributed by atoms with van der Waals surface area (Å²) in [5.74, 6) is 0.247. The van der Waals surface area contributed by atoms with E-state index < -0.39 is 0 Å². The smallest absolute Gasteiger partial charge is 0.336 e. The highest BCUT2D eigenvalue weighted by atomic mass is 16.4. The molecule has 0 fully saturated rings. The van der Waals surface area contributed by atoms with E-state index in [-0.39, 0.29) is 11.4 Å². The third-order valence-electron chi connectivity index (χ3n) is 4.35. The van der Waals surface area contributed by atoms with E-state index in [9.17, 15) is 9.90 Å². The average molecular weight is 318 g/mol. The van der Waals surface area contributed by atoms with E-state index in [0.29, 0.717) is 5.58 Å². The molecule has 0 aliphatic heterocycles. The maximum atomic E-state index is 11.9. The molecule has 2 rings (SSSR count). The fraction of sp³-hybridized carbons (Fsp3) is 0.526. The molecule has 0 amide bonds. The Morgan fingerprint density at radius 3 is 2.35 bits per heavy atom. The molecule has 0 aliphatic carbocycles. The van der Waals surface area contributed by atoms with Crippen LogP contribution in [0.5, 0.6) is 5.75 Å². The zero-order valence-electron chi connectivity index (χ0n) is 14.4. The predicted molar refractivity (Wildman–Crippen MR) is 93.1 cm³/mol. The van der Waals surface area contributed by atoms with Crippen molar-refractivity contribution in [2.45, 2.75) is 53.0 Å². The normalized spacial score (nSPS) is 11.5. The van der Waals surface area contributed by atoms with Gasteiger partial charge in [-0.25, -0.2) is 4.79 Å². The van der Waals surface area contributed by atoms with Crippen molar-refractivity contribution in [3.05, 3.63) is 39.7 Å². The molecule has 0 radical (unpaired) electrons. The lowest BCUT2D eigenvalue weighted by molar-refractivity contribution is -0.914. The van der Waals surface area contributed by atoms with E-state index in [1.165, 1.54) is 30.6 Å². The summed E-state index contributed by atoms with van der Waals surface area (Å²) < 4.78 is 5.31. The zero-order valence-corrected chi connectivity index (χ0v) is 14.4. The van der Waals surface area contributed by atoms with E-state index >= 15 is 0 Å². The van der Waals surface area contributed by atoms with Crippen LogP contribution in [0.15, 0.2) is 27.4 Å². The summed E-state index contributed by atoms with van der Waals surface area (Å²) in [6.07, 6.45) is 4.71. The number of aromatic hydroxyl groups is 1. The lowest BCUT2D eigenvalue weighted by Crippen LogP contribution is -3.10. The van der Waals surface area contributed by atoms with Crippen LogP contribution in [0, 0.1) is 6.92 Å². The third-order valence-corrected chi connectivity index (χ3v) is 4.35. The number of hydrogen-bond donors (Lipinski definition) is 2. The molecule has 1 heterocycles.